The maximum Gasteiger partial charge on any atom is 0.0965 e. The lowest BCUT2D eigenvalue weighted by atomic mass is 9.98. The van der Waals surface area contributed by atoms with Gasteiger partial charge in [0.25, 0.3) is 0 Å². The summed E-state index contributed by atoms with van der Waals surface area (Å²) in [5.74, 6) is 0.798. The molecule has 2 heteroatoms. The third kappa shape index (κ3) is 4.29. The van der Waals surface area contributed by atoms with Crippen LogP contribution in [0.25, 0.3) is 0 Å². The van der Waals surface area contributed by atoms with Gasteiger partial charge in [-0.15, -0.1) is 0 Å². The fourth-order valence-electron chi connectivity index (χ4n) is 0.796. The molecule has 0 heterocycles. The first-order valence-electron chi connectivity index (χ1n) is 3.79. The molecule has 0 aliphatic carbocycles. The SMILES string of the molecule is CC(C)CC([O])C(C)CBr. The quantitative estimate of drug-likeness (QED) is 0.633. The summed E-state index contributed by atoms with van der Waals surface area (Å²) >= 11 is 3.31. The molecule has 0 spiro atoms. The Balaban J connectivity index is 3.50. The van der Waals surface area contributed by atoms with Gasteiger partial charge in [0.05, 0.1) is 6.10 Å². The molecule has 2 atom stereocenters. The molecular weight excluding hydrogens is 192 g/mol. The number of alkyl halides is 1. The molecule has 0 fully saturated rings. The summed E-state index contributed by atoms with van der Waals surface area (Å²) in [6.07, 6.45) is 0.409. The molecule has 0 amide bonds. The lowest BCUT2D eigenvalue weighted by Gasteiger charge is -2.15. The molecule has 0 bridgehead atoms. The van der Waals surface area contributed by atoms with Crippen LogP contribution < -0.4 is 0 Å². The number of halogens is 1. The summed E-state index contributed by atoms with van der Waals surface area (Å²) in [7, 11) is 0. The molecular formula is C8H16BrO. The molecule has 0 saturated carbocycles. The van der Waals surface area contributed by atoms with Gasteiger partial charge in [0.15, 0.2) is 0 Å². The Morgan fingerprint density at radius 1 is 1.30 bits per heavy atom. The number of rotatable bonds is 4. The van der Waals surface area contributed by atoms with E-state index in [1.165, 1.54) is 0 Å². The van der Waals surface area contributed by atoms with Crippen molar-refractivity contribution in [2.75, 3.05) is 5.33 Å². The van der Waals surface area contributed by atoms with Crippen LogP contribution in [0, 0.1) is 11.8 Å². The predicted molar refractivity (Wildman–Crippen MR) is 46.9 cm³/mol. The zero-order valence-electron chi connectivity index (χ0n) is 6.93. The van der Waals surface area contributed by atoms with Crippen molar-refractivity contribution in [2.24, 2.45) is 11.8 Å². The summed E-state index contributed by atoms with van der Waals surface area (Å²) in [5.41, 5.74) is 0. The summed E-state index contributed by atoms with van der Waals surface area (Å²) in [4.78, 5) is 0. The van der Waals surface area contributed by atoms with Crippen LogP contribution >= 0.6 is 15.9 Å². The van der Waals surface area contributed by atoms with Crippen LogP contribution in [0.4, 0.5) is 0 Å². The second kappa shape index (κ2) is 5.14. The molecule has 2 unspecified atom stereocenters. The Morgan fingerprint density at radius 2 is 1.80 bits per heavy atom. The average molecular weight is 208 g/mol. The van der Waals surface area contributed by atoms with Gasteiger partial charge in [0.1, 0.15) is 0 Å². The second-order valence-electron chi connectivity index (χ2n) is 3.30. The first-order chi connectivity index (χ1) is 4.57. The zero-order valence-corrected chi connectivity index (χ0v) is 8.52. The molecule has 0 aliphatic rings. The van der Waals surface area contributed by atoms with E-state index in [0.29, 0.717) is 5.92 Å². The van der Waals surface area contributed by atoms with E-state index in [1.807, 2.05) is 6.92 Å². The van der Waals surface area contributed by atoms with Gasteiger partial charge in [-0.25, -0.2) is 5.11 Å². The van der Waals surface area contributed by atoms with Crippen LogP contribution in [0.15, 0.2) is 0 Å². The lowest BCUT2D eigenvalue weighted by Crippen LogP contribution is -2.19. The van der Waals surface area contributed by atoms with Crippen molar-refractivity contribution in [1.29, 1.82) is 0 Å². The Labute approximate surface area is 72.0 Å². The highest BCUT2D eigenvalue weighted by Gasteiger charge is 2.15. The fourth-order valence-corrected chi connectivity index (χ4v) is 1.21. The molecule has 10 heavy (non-hydrogen) atoms. The highest BCUT2D eigenvalue weighted by molar-refractivity contribution is 9.09. The molecule has 1 radical (unpaired) electrons. The summed E-state index contributed by atoms with van der Waals surface area (Å²) < 4.78 is 0. The van der Waals surface area contributed by atoms with Gasteiger partial charge in [0.2, 0.25) is 0 Å². The van der Waals surface area contributed by atoms with Crippen molar-refractivity contribution < 1.29 is 5.11 Å². The van der Waals surface area contributed by atoms with Crippen LogP contribution in [-0.4, -0.2) is 11.4 Å². The Morgan fingerprint density at radius 3 is 2.10 bits per heavy atom. The van der Waals surface area contributed by atoms with Crippen LogP contribution in [-0.2, 0) is 5.11 Å². The van der Waals surface area contributed by atoms with Gasteiger partial charge in [0, 0.05) is 5.33 Å². The van der Waals surface area contributed by atoms with Crippen LogP contribution in [0.3, 0.4) is 0 Å². The van der Waals surface area contributed by atoms with Gasteiger partial charge in [-0.2, -0.15) is 0 Å². The van der Waals surface area contributed by atoms with E-state index < -0.39 is 0 Å². The van der Waals surface area contributed by atoms with Gasteiger partial charge in [-0.3, -0.25) is 0 Å². The minimum atomic E-state index is -0.389. The first-order valence-corrected chi connectivity index (χ1v) is 4.91. The van der Waals surface area contributed by atoms with E-state index in [9.17, 15) is 5.11 Å². The van der Waals surface area contributed by atoms with Crippen molar-refractivity contribution in [3.63, 3.8) is 0 Å². The molecule has 0 aromatic rings. The topological polar surface area (TPSA) is 19.9 Å². The smallest absolute Gasteiger partial charge is 0.0965 e. The Hall–Kier alpha value is 0.440. The maximum absolute atomic E-state index is 11.2. The fraction of sp³-hybridized carbons (Fsp3) is 1.00. The molecule has 0 aromatic carbocycles. The van der Waals surface area contributed by atoms with E-state index in [1.54, 1.807) is 0 Å². The van der Waals surface area contributed by atoms with Crippen LogP contribution in [0.2, 0.25) is 0 Å². The Kier molecular flexibility index (Phi) is 5.36. The molecule has 61 valence electrons. The first kappa shape index (κ1) is 10.4. The third-order valence-corrected chi connectivity index (χ3v) is 2.60. The van der Waals surface area contributed by atoms with Gasteiger partial charge < -0.3 is 0 Å². The lowest BCUT2D eigenvalue weighted by molar-refractivity contribution is 0.0348. The van der Waals surface area contributed by atoms with Crippen LogP contribution in [0.1, 0.15) is 27.2 Å². The van der Waals surface area contributed by atoms with Gasteiger partial charge in [-0.1, -0.05) is 36.7 Å². The average Bonchev–Trinajstić information content (AvgIpc) is 1.85. The third-order valence-electron chi connectivity index (χ3n) is 1.58. The highest BCUT2D eigenvalue weighted by atomic mass is 79.9. The maximum atomic E-state index is 11.2. The predicted octanol–water partition coefficient (Wildman–Crippen LogP) is 2.86. The van der Waals surface area contributed by atoms with E-state index in [4.69, 9.17) is 0 Å². The van der Waals surface area contributed by atoms with E-state index in [2.05, 4.69) is 29.8 Å². The second-order valence-corrected chi connectivity index (χ2v) is 3.95. The molecule has 0 aromatic heterocycles. The van der Waals surface area contributed by atoms with Crippen molar-refractivity contribution in [1.82, 2.24) is 0 Å². The van der Waals surface area contributed by atoms with Crippen LogP contribution in [0.5, 0.6) is 0 Å². The molecule has 0 aliphatic heterocycles. The van der Waals surface area contributed by atoms with Crippen molar-refractivity contribution in [2.45, 2.75) is 33.3 Å². The number of hydrogen-bond donors (Lipinski definition) is 0. The zero-order chi connectivity index (χ0) is 8.15. The standard InChI is InChI=1S/C8H16BrO/c1-6(2)4-8(10)7(3)5-9/h6-8H,4-5H2,1-3H3. The molecule has 0 N–H and O–H groups in total. The van der Waals surface area contributed by atoms with Gasteiger partial charge in [-0.05, 0) is 18.3 Å². The molecule has 0 saturated heterocycles. The van der Waals surface area contributed by atoms with Crippen molar-refractivity contribution in [3.8, 4) is 0 Å². The molecule has 0 rings (SSSR count). The summed E-state index contributed by atoms with van der Waals surface area (Å²) in [6, 6.07) is 0. The molecule has 1 nitrogen and oxygen atoms in total. The van der Waals surface area contributed by atoms with Crippen molar-refractivity contribution in [3.05, 3.63) is 0 Å². The van der Waals surface area contributed by atoms with E-state index in [-0.39, 0.29) is 12.0 Å². The summed E-state index contributed by atoms with van der Waals surface area (Å²) in [6.45, 7) is 6.17. The number of hydrogen-bond acceptors (Lipinski definition) is 0. The minimum Gasteiger partial charge on any atom is -0.233 e. The van der Waals surface area contributed by atoms with Crippen molar-refractivity contribution >= 4 is 15.9 Å². The monoisotopic (exact) mass is 207 g/mol. The normalized spacial score (nSPS) is 17.4. The van der Waals surface area contributed by atoms with E-state index >= 15 is 0 Å². The van der Waals surface area contributed by atoms with E-state index in [0.717, 1.165) is 11.8 Å². The minimum absolute atomic E-state index is 0.266. The highest BCUT2D eigenvalue weighted by Crippen LogP contribution is 2.14. The largest absolute Gasteiger partial charge is 0.233 e. The Bertz CT molecular complexity index is 83.3. The summed E-state index contributed by atoms with van der Waals surface area (Å²) in [5, 5.41) is 12.1. The van der Waals surface area contributed by atoms with Gasteiger partial charge >= 0.3 is 0 Å².